The van der Waals surface area contributed by atoms with Crippen molar-refractivity contribution in [3.8, 4) is 11.5 Å². The fourth-order valence-electron chi connectivity index (χ4n) is 3.12. The van der Waals surface area contributed by atoms with Gasteiger partial charge in [-0.1, -0.05) is 0 Å². The first-order valence-electron chi connectivity index (χ1n) is 9.00. The molecule has 0 aliphatic carbocycles. The van der Waals surface area contributed by atoms with Crippen molar-refractivity contribution in [2.24, 2.45) is 0 Å². The number of benzene rings is 2. The summed E-state index contributed by atoms with van der Waals surface area (Å²) in [5.74, 6) is 1.05. The van der Waals surface area contributed by atoms with Crippen LogP contribution in [0, 0.1) is 0 Å². The summed E-state index contributed by atoms with van der Waals surface area (Å²) in [5.41, 5.74) is 3.19. The molecule has 2 aromatic carbocycles. The van der Waals surface area contributed by atoms with E-state index in [9.17, 15) is 4.79 Å². The lowest BCUT2D eigenvalue weighted by Gasteiger charge is -2.21. The van der Waals surface area contributed by atoms with Crippen LogP contribution in [0.3, 0.4) is 0 Å². The molecule has 0 bridgehead atoms. The van der Waals surface area contributed by atoms with Crippen LogP contribution in [0.5, 0.6) is 11.5 Å². The molecule has 0 aliphatic rings. The van der Waals surface area contributed by atoms with Gasteiger partial charge in [-0.05, 0) is 50.2 Å². The highest BCUT2D eigenvalue weighted by Gasteiger charge is 2.13. The second-order valence-corrected chi connectivity index (χ2v) is 6.15. The molecule has 6 nitrogen and oxygen atoms in total. The van der Waals surface area contributed by atoms with Crippen LogP contribution < -0.4 is 19.7 Å². The van der Waals surface area contributed by atoms with Crippen LogP contribution in [0.2, 0.25) is 0 Å². The van der Waals surface area contributed by atoms with Crippen molar-refractivity contribution in [2.45, 2.75) is 13.8 Å². The van der Waals surface area contributed by atoms with E-state index in [2.05, 4.69) is 29.0 Å². The van der Waals surface area contributed by atoms with Crippen molar-refractivity contribution in [2.75, 3.05) is 37.5 Å². The molecule has 0 aliphatic heterocycles. The number of hydrogen-bond acceptors (Lipinski definition) is 4. The number of H-pyrrole nitrogens is 1. The normalized spacial score (nSPS) is 10.7. The second kappa shape index (κ2) is 8.03. The molecule has 3 aromatic rings. The van der Waals surface area contributed by atoms with Gasteiger partial charge in [0.15, 0.2) is 11.5 Å². The van der Waals surface area contributed by atoms with Crippen molar-refractivity contribution >= 4 is 28.2 Å². The van der Waals surface area contributed by atoms with E-state index in [1.165, 1.54) is 0 Å². The Labute approximate surface area is 159 Å². The lowest BCUT2D eigenvalue weighted by atomic mass is 10.2. The first-order valence-corrected chi connectivity index (χ1v) is 9.00. The van der Waals surface area contributed by atoms with Crippen LogP contribution in [0.15, 0.2) is 42.5 Å². The number of fused-ring (bicyclic) bond motifs is 1. The van der Waals surface area contributed by atoms with Gasteiger partial charge in [0.25, 0.3) is 5.91 Å². The van der Waals surface area contributed by atoms with Crippen molar-refractivity contribution in [3.05, 3.63) is 48.2 Å². The zero-order chi connectivity index (χ0) is 19.4. The topological polar surface area (TPSA) is 66.6 Å². The number of methoxy groups -OCH3 is 2. The Morgan fingerprint density at radius 2 is 1.63 bits per heavy atom. The molecule has 1 amide bonds. The van der Waals surface area contributed by atoms with Gasteiger partial charge in [0.2, 0.25) is 0 Å². The molecule has 0 spiro atoms. The number of anilines is 2. The number of carbonyl (C=O) groups excluding carboxylic acids is 1. The summed E-state index contributed by atoms with van der Waals surface area (Å²) in [4.78, 5) is 18.0. The van der Waals surface area contributed by atoms with Crippen LogP contribution in [-0.4, -0.2) is 38.2 Å². The number of rotatable bonds is 7. The smallest absolute Gasteiger partial charge is 0.272 e. The van der Waals surface area contributed by atoms with E-state index in [1.807, 2.05) is 36.4 Å². The summed E-state index contributed by atoms with van der Waals surface area (Å²) < 4.78 is 10.6. The van der Waals surface area contributed by atoms with Gasteiger partial charge < -0.3 is 24.7 Å². The third-order valence-electron chi connectivity index (χ3n) is 4.62. The van der Waals surface area contributed by atoms with Crippen molar-refractivity contribution in [1.82, 2.24) is 4.98 Å². The molecule has 0 radical (unpaired) electrons. The summed E-state index contributed by atoms with van der Waals surface area (Å²) in [6, 6.07) is 13.3. The number of nitrogens with zero attached hydrogens (tertiary/aromatic N) is 1. The van der Waals surface area contributed by atoms with Crippen LogP contribution in [0.4, 0.5) is 11.4 Å². The fourth-order valence-corrected chi connectivity index (χ4v) is 3.12. The van der Waals surface area contributed by atoms with E-state index in [-0.39, 0.29) is 5.91 Å². The Bertz CT molecular complexity index is 887. The number of amides is 1. The van der Waals surface area contributed by atoms with Crippen molar-refractivity contribution in [3.63, 3.8) is 0 Å². The van der Waals surface area contributed by atoms with Gasteiger partial charge in [-0.3, -0.25) is 4.79 Å². The maximum Gasteiger partial charge on any atom is 0.272 e. The van der Waals surface area contributed by atoms with E-state index in [0.717, 1.165) is 35.4 Å². The van der Waals surface area contributed by atoms with Gasteiger partial charge in [0.1, 0.15) is 5.69 Å². The number of ether oxygens (including phenoxy) is 2. The Morgan fingerprint density at radius 3 is 2.22 bits per heavy atom. The minimum atomic E-state index is -0.195. The van der Waals surface area contributed by atoms with E-state index in [1.54, 1.807) is 20.3 Å². The first kappa shape index (κ1) is 18.6. The molecule has 1 heterocycles. The van der Waals surface area contributed by atoms with Gasteiger partial charge in [-0.2, -0.15) is 0 Å². The summed E-state index contributed by atoms with van der Waals surface area (Å²) in [6.07, 6.45) is 0. The fraction of sp³-hybridized carbons (Fsp3) is 0.286. The monoisotopic (exact) mass is 367 g/mol. The Balaban J connectivity index is 1.79. The zero-order valence-corrected chi connectivity index (χ0v) is 16.1. The second-order valence-electron chi connectivity index (χ2n) is 6.15. The highest BCUT2D eigenvalue weighted by molar-refractivity contribution is 6.06. The molecule has 1 aromatic heterocycles. The summed E-state index contributed by atoms with van der Waals surface area (Å²) >= 11 is 0. The molecule has 0 fully saturated rings. The van der Waals surface area contributed by atoms with Gasteiger partial charge in [0.05, 0.1) is 14.2 Å². The van der Waals surface area contributed by atoms with Gasteiger partial charge in [-0.15, -0.1) is 0 Å². The molecule has 0 saturated carbocycles. The minimum absolute atomic E-state index is 0.195. The lowest BCUT2D eigenvalue weighted by Crippen LogP contribution is -2.21. The van der Waals surface area contributed by atoms with Crippen molar-refractivity contribution in [1.29, 1.82) is 0 Å². The Kier molecular flexibility index (Phi) is 5.54. The lowest BCUT2D eigenvalue weighted by molar-refractivity contribution is 0.102. The Hall–Kier alpha value is -3.15. The SMILES string of the molecule is CCN(CC)c1ccc(NC(=O)c2cc3cc(OC)c(OC)cc3[nH]2)cc1. The summed E-state index contributed by atoms with van der Waals surface area (Å²) in [7, 11) is 3.17. The molecular weight excluding hydrogens is 342 g/mol. The number of hydrogen-bond donors (Lipinski definition) is 2. The standard InChI is InChI=1S/C21H25N3O3/c1-5-24(6-2)16-9-7-15(8-10-16)22-21(25)18-11-14-12-19(26-3)20(27-4)13-17(14)23-18/h7-13,23H,5-6H2,1-4H3,(H,22,25). The number of aromatic nitrogens is 1. The van der Waals surface area contributed by atoms with Crippen LogP contribution in [-0.2, 0) is 0 Å². The third kappa shape index (κ3) is 3.84. The average molecular weight is 367 g/mol. The van der Waals surface area contributed by atoms with E-state index in [4.69, 9.17) is 9.47 Å². The maximum atomic E-state index is 12.6. The van der Waals surface area contributed by atoms with E-state index in [0.29, 0.717) is 17.2 Å². The molecule has 2 N–H and O–H groups in total. The van der Waals surface area contributed by atoms with E-state index < -0.39 is 0 Å². The van der Waals surface area contributed by atoms with Gasteiger partial charge in [-0.25, -0.2) is 0 Å². The van der Waals surface area contributed by atoms with Crippen LogP contribution in [0.25, 0.3) is 10.9 Å². The minimum Gasteiger partial charge on any atom is -0.493 e. The van der Waals surface area contributed by atoms with E-state index >= 15 is 0 Å². The van der Waals surface area contributed by atoms with Crippen LogP contribution >= 0.6 is 0 Å². The third-order valence-corrected chi connectivity index (χ3v) is 4.62. The molecule has 6 heteroatoms. The Morgan fingerprint density at radius 1 is 1.00 bits per heavy atom. The highest BCUT2D eigenvalue weighted by Crippen LogP contribution is 2.32. The molecule has 0 unspecified atom stereocenters. The molecule has 27 heavy (non-hydrogen) atoms. The molecule has 142 valence electrons. The highest BCUT2D eigenvalue weighted by atomic mass is 16.5. The van der Waals surface area contributed by atoms with Gasteiger partial charge in [0, 0.05) is 41.4 Å². The molecule has 0 saturated heterocycles. The maximum absolute atomic E-state index is 12.6. The largest absolute Gasteiger partial charge is 0.493 e. The number of nitrogens with one attached hydrogen (secondary N) is 2. The number of carbonyl (C=O) groups is 1. The summed E-state index contributed by atoms with van der Waals surface area (Å²) in [5, 5.41) is 3.81. The quantitative estimate of drug-likeness (QED) is 0.654. The summed E-state index contributed by atoms with van der Waals surface area (Å²) in [6.45, 7) is 6.15. The van der Waals surface area contributed by atoms with Crippen LogP contribution in [0.1, 0.15) is 24.3 Å². The predicted molar refractivity (Wildman–Crippen MR) is 109 cm³/mol. The predicted octanol–water partition coefficient (Wildman–Crippen LogP) is 4.28. The molecule has 0 atom stereocenters. The van der Waals surface area contributed by atoms with Gasteiger partial charge >= 0.3 is 0 Å². The number of aromatic amines is 1. The molecule has 3 rings (SSSR count). The molecular formula is C21H25N3O3. The van der Waals surface area contributed by atoms with Crippen molar-refractivity contribution < 1.29 is 14.3 Å². The average Bonchev–Trinajstić information content (AvgIpc) is 3.12. The first-order chi connectivity index (χ1) is 13.1. The zero-order valence-electron chi connectivity index (χ0n) is 16.1.